The standard InChI is InChI=1S/C17H29NSi/c1-5-11-18(12-6-2)13-14-19-17-9-7-16(8-10-17)15(3)4/h7-10H,3,5-6,11-14,19H2,1-2,4H3. The summed E-state index contributed by atoms with van der Waals surface area (Å²) in [7, 11) is -0.100. The fourth-order valence-electron chi connectivity index (χ4n) is 2.43. The van der Waals surface area contributed by atoms with Gasteiger partial charge in [0.05, 0.1) is 9.52 Å². The smallest absolute Gasteiger partial charge is 0.0560 e. The molecule has 0 saturated heterocycles. The number of benzene rings is 1. The molecule has 1 nitrogen and oxygen atoms in total. The SMILES string of the molecule is C=C(C)c1ccc([SiH2]CCN(CCC)CCC)cc1. The van der Waals surface area contributed by atoms with E-state index in [4.69, 9.17) is 0 Å². The second-order valence-corrected chi connectivity index (χ2v) is 7.45. The first-order valence-corrected chi connectivity index (χ1v) is 9.35. The lowest BCUT2D eigenvalue weighted by Crippen LogP contribution is -2.29. The molecule has 0 heterocycles. The van der Waals surface area contributed by atoms with E-state index < -0.39 is 0 Å². The Morgan fingerprint density at radius 3 is 2.11 bits per heavy atom. The van der Waals surface area contributed by atoms with Gasteiger partial charge >= 0.3 is 0 Å². The number of allylic oxidation sites excluding steroid dienone is 1. The molecule has 0 spiro atoms. The summed E-state index contributed by atoms with van der Waals surface area (Å²) in [6.07, 6.45) is 2.55. The summed E-state index contributed by atoms with van der Waals surface area (Å²) in [5.74, 6) is 0. The van der Waals surface area contributed by atoms with E-state index in [9.17, 15) is 0 Å². The van der Waals surface area contributed by atoms with E-state index in [0.29, 0.717) is 0 Å². The van der Waals surface area contributed by atoms with Crippen molar-refractivity contribution in [1.82, 2.24) is 4.90 Å². The Kier molecular flexibility index (Phi) is 7.76. The van der Waals surface area contributed by atoms with E-state index in [1.165, 1.54) is 44.1 Å². The summed E-state index contributed by atoms with van der Waals surface area (Å²) in [5, 5.41) is 1.58. The third-order valence-electron chi connectivity index (χ3n) is 3.47. The zero-order chi connectivity index (χ0) is 14.1. The highest BCUT2D eigenvalue weighted by atomic mass is 28.2. The molecule has 19 heavy (non-hydrogen) atoms. The maximum absolute atomic E-state index is 3.99. The maximum Gasteiger partial charge on any atom is 0.0560 e. The fourth-order valence-corrected chi connectivity index (χ4v) is 4.01. The monoisotopic (exact) mass is 275 g/mol. The summed E-state index contributed by atoms with van der Waals surface area (Å²) in [6.45, 7) is 14.4. The van der Waals surface area contributed by atoms with Crippen LogP contribution in [-0.4, -0.2) is 34.1 Å². The lowest BCUT2D eigenvalue weighted by atomic mass is 10.1. The Labute approximate surface area is 121 Å². The minimum absolute atomic E-state index is 0.100. The predicted octanol–water partition coefficient (Wildman–Crippen LogP) is 3.05. The van der Waals surface area contributed by atoms with Crippen molar-refractivity contribution in [1.29, 1.82) is 0 Å². The second-order valence-electron chi connectivity index (χ2n) is 5.42. The van der Waals surface area contributed by atoms with Crippen LogP contribution in [0, 0.1) is 0 Å². The van der Waals surface area contributed by atoms with Crippen molar-refractivity contribution < 1.29 is 0 Å². The zero-order valence-corrected chi connectivity index (χ0v) is 14.3. The molecular formula is C17H29NSi. The highest BCUT2D eigenvalue weighted by Crippen LogP contribution is 2.08. The Morgan fingerprint density at radius 2 is 1.63 bits per heavy atom. The van der Waals surface area contributed by atoms with Crippen LogP contribution in [0.1, 0.15) is 39.2 Å². The second kappa shape index (κ2) is 9.11. The lowest BCUT2D eigenvalue weighted by Gasteiger charge is -2.20. The van der Waals surface area contributed by atoms with Crippen LogP contribution in [0.3, 0.4) is 0 Å². The third-order valence-corrected chi connectivity index (χ3v) is 5.18. The number of nitrogens with zero attached hydrogens (tertiary/aromatic N) is 1. The number of rotatable bonds is 9. The van der Waals surface area contributed by atoms with E-state index in [-0.39, 0.29) is 9.52 Å². The van der Waals surface area contributed by atoms with Gasteiger partial charge in [0.15, 0.2) is 0 Å². The van der Waals surface area contributed by atoms with Gasteiger partial charge in [-0.1, -0.05) is 55.5 Å². The van der Waals surface area contributed by atoms with Crippen molar-refractivity contribution in [2.45, 2.75) is 39.7 Å². The molecule has 0 saturated carbocycles. The molecule has 0 unspecified atom stereocenters. The van der Waals surface area contributed by atoms with Crippen molar-refractivity contribution in [3.63, 3.8) is 0 Å². The van der Waals surface area contributed by atoms with Crippen LogP contribution >= 0.6 is 0 Å². The summed E-state index contributed by atoms with van der Waals surface area (Å²) >= 11 is 0. The molecular weight excluding hydrogens is 246 g/mol. The summed E-state index contributed by atoms with van der Waals surface area (Å²) in [6, 6.07) is 10.5. The first-order chi connectivity index (χ1) is 9.17. The van der Waals surface area contributed by atoms with Gasteiger partial charge in [-0.15, -0.1) is 0 Å². The molecule has 0 bridgehead atoms. The molecule has 0 aromatic heterocycles. The summed E-state index contributed by atoms with van der Waals surface area (Å²) in [5.41, 5.74) is 2.43. The van der Waals surface area contributed by atoms with Gasteiger partial charge in [0.2, 0.25) is 0 Å². The van der Waals surface area contributed by atoms with E-state index >= 15 is 0 Å². The van der Waals surface area contributed by atoms with Gasteiger partial charge in [-0.25, -0.2) is 0 Å². The molecule has 0 aliphatic rings. The van der Waals surface area contributed by atoms with Crippen LogP contribution in [0.5, 0.6) is 0 Å². The van der Waals surface area contributed by atoms with Crippen LogP contribution in [0.2, 0.25) is 6.04 Å². The highest BCUT2D eigenvalue weighted by molar-refractivity contribution is 6.53. The molecule has 0 aliphatic heterocycles. The first-order valence-electron chi connectivity index (χ1n) is 7.64. The minimum atomic E-state index is -0.100. The van der Waals surface area contributed by atoms with Crippen molar-refractivity contribution >= 4 is 20.3 Å². The quantitative estimate of drug-likeness (QED) is 0.626. The van der Waals surface area contributed by atoms with Gasteiger partial charge in [0.1, 0.15) is 0 Å². The first kappa shape index (κ1) is 16.2. The molecule has 1 aromatic rings. The van der Waals surface area contributed by atoms with Crippen LogP contribution in [0.4, 0.5) is 0 Å². The Balaban J connectivity index is 2.37. The van der Waals surface area contributed by atoms with Gasteiger partial charge in [0, 0.05) is 0 Å². The van der Waals surface area contributed by atoms with E-state index in [1.807, 2.05) is 0 Å². The predicted molar refractivity (Wildman–Crippen MR) is 91.2 cm³/mol. The zero-order valence-electron chi connectivity index (χ0n) is 12.9. The van der Waals surface area contributed by atoms with E-state index in [2.05, 4.69) is 56.5 Å². The van der Waals surface area contributed by atoms with Crippen LogP contribution in [0.25, 0.3) is 5.57 Å². The maximum atomic E-state index is 3.99. The molecule has 106 valence electrons. The summed E-state index contributed by atoms with van der Waals surface area (Å²) in [4.78, 5) is 2.62. The minimum Gasteiger partial charge on any atom is -0.304 e. The number of hydrogen-bond donors (Lipinski definition) is 0. The van der Waals surface area contributed by atoms with Crippen LogP contribution in [0.15, 0.2) is 30.8 Å². The van der Waals surface area contributed by atoms with Crippen LogP contribution in [-0.2, 0) is 0 Å². The fraction of sp³-hybridized carbons (Fsp3) is 0.529. The molecule has 0 atom stereocenters. The van der Waals surface area contributed by atoms with Crippen molar-refractivity contribution in [3.8, 4) is 0 Å². The van der Waals surface area contributed by atoms with E-state index in [0.717, 1.165) is 5.57 Å². The normalized spacial score (nSPS) is 11.6. The van der Waals surface area contributed by atoms with Crippen molar-refractivity contribution in [2.24, 2.45) is 0 Å². The van der Waals surface area contributed by atoms with Gasteiger partial charge in [0.25, 0.3) is 0 Å². The Hall–Kier alpha value is -0.863. The van der Waals surface area contributed by atoms with Gasteiger partial charge in [-0.3, -0.25) is 0 Å². The Morgan fingerprint density at radius 1 is 1.05 bits per heavy atom. The van der Waals surface area contributed by atoms with Gasteiger partial charge in [-0.05, 0) is 51.0 Å². The molecule has 0 radical (unpaired) electrons. The number of hydrogen-bond acceptors (Lipinski definition) is 1. The molecule has 0 amide bonds. The average Bonchev–Trinajstić information content (AvgIpc) is 2.40. The topological polar surface area (TPSA) is 3.24 Å². The van der Waals surface area contributed by atoms with Crippen molar-refractivity contribution in [2.75, 3.05) is 19.6 Å². The summed E-state index contributed by atoms with van der Waals surface area (Å²) < 4.78 is 0. The lowest BCUT2D eigenvalue weighted by molar-refractivity contribution is 0.289. The van der Waals surface area contributed by atoms with Crippen molar-refractivity contribution in [3.05, 3.63) is 36.4 Å². The molecule has 0 aliphatic carbocycles. The largest absolute Gasteiger partial charge is 0.304 e. The molecule has 1 aromatic carbocycles. The average molecular weight is 276 g/mol. The molecule has 0 fully saturated rings. The third kappa shape index (κ3) is 6.21. The highest BCUT2D eigenvalue weighted by Gasteiger charge is 2.03. The molecule has 2 heteroatoms. The van der Waals surface area contributed by atoms with E-state index in [1.54, 1.807) is 5.19 Å². The molecule has 0 N–H and O–H groups in total. The van der Waals surface area contributed by atoms with Gasteiger partial charge < -0.3 is 4.90 Å². The molecule has 1 rings (SSSR count). The Bertz CT molecular complexity index is 363. The van der Waals surface area contributed by atoms with Crippen LogP contribution < -0.4 is 5.19 Å². The van der Waals surface area contributed by atoms with Gasteiger partial charge in [-0.2, -0.15) is 0 Å².